The molecule has 0 bridgehead atoms. The lowest BCUT2D eigenvalue weighted by Gasteiger charge is -2.19. The SMILES string of the molecule is CC(N)CCNC(=O)CN1C(=O)NC2(CCCC2)C1=O. The minimum absolute atomic E-state index is 0.00813. The second-order valence-electron chi connectivity index (χ2n) is 5.73. The number of carbonyl (C=O) groups excluding carboxylic acids is 3. The molecule has 7 heteroatoms. The lowest BCUT2D eigenvalue weighted by molar-refractivity contribution is -0.134. The van der Waals surface area contributed by atoms with Crippen LogP contribution in [0.4, 0.5) is 4.79 Å². The first kappa shape index (κ1) is 14.8. The van der Waals surface area contributed by atoms with E-state index in [0.29, 0.717) is 25.8 Å². The number of nitrogens with zero attached hydrogens (tertiary/aromatic N) is 1. The number of imide groups is 1. The first-order valence-electron chi connectivity index (χ1n) is 7.11. The molecule has 112 valence electrons. The summed E-state index contributed by atoms with van der Waals surface area (Å²) >= 11 is 0. The third-order valence-electron chi connectivity index (χ3n) is 3.93. The highest BCUT2D eigenvalue weighted by Gasteiger charge is 2.52. The van der Waals surface area contributed by atoms with Crippen molar-refractivity contribution in [1.29, 1.82) is 0 Å². The molecule has 1 saturated heterocycles. The maximum absolute atomic E-state index is 12.3. The van der Waals surface area contributed by atoms with E-state index in [-0.39, 0.29) is 24.4 Å². The Morgan fingerprint density at radius 1 is 1.45 bits per heavy atom. The second-order valence-corrected chi connectivity index (χ2v) is 5.73. The summed E-state index contributed by atoms with van der Waals surface area (Å²) in [5.74, 6) is -0.591. The zero-order chi connectivity index (χ0) is 14.8. The van der Waals surface area contributed by atoms with Crippen LogP contribution in [0.5, 0.6) is 0 Å². The van der Waals surface area contributed by atoms with Gasteiger partial charge in [0.15, 0.2) is 0 Å². The number of carbonyl (C=O) groups is 3. The van der Waals surface area contributed by atoms with Crippen molar-refractivity contribution >= 4 is 17.8 Å². The molecule has 2 fully saturated rings. The van der Waals surface area contributed by atoms with Crippen LogP contribution in [0.25, 0.3) is 0 Å². The molecule has 1 heterocycles. The van der Waals surface area contributed by atoms with Gasteiger partial charge in [0.2, 0.25) is 5.91 Å². The Morgan fingerprint density at radius 3 is 2.70 bits per heavy atom. The summed E-state index contributed by atoms with van der Waals surface area (Å²) in [4.78, 5) is 36.9. The molecule has 2 aliphatic rings. The van der Waals surface area contributed by atoms with Crippen molar-refractivity contribution in [2.75, 3.05) is 13.1 Å². The first-order chi connectivity index (χ1) is 9.44. The van der Waals surface area contributed by atoms with E-state index in [1.165, 1.54) is 0 Å². The molecule has 1 aliphatic heterocycles. The summed E-state index contributed by atoms with van der Waals surface area (Å²) in [7, 11) is 0. The summed E-state index contributed by atoms with van der Waals surface area (Å²) in [6, 6.07) is -0.451. The molecular formula is C13H22N4O3. The van der Waals surface area contributed by atoms with Crippen LogP contribution < -0.4 is 16.4 Å². The maximum Gasteiger partial charge on any atom is 0.325 e. The monoisotopic (exact) mass is 282 g/mol. The quantitative estimate of drug-likeness (QED) is 0.602. The standard InChI is InChI=1S/C13H22N4O3/c1-9(14)4-7-15-10(18)8-17-11(19)13(16-12(17)20)5-2-3-6-13/h9H,2-8,14H2,1H3,(H,15,18)(H,16,20). The second kappa shape index (κ2) is 5.78. The van der Waals surface area contributed by atoms with Gasteiger partial charge in [0.1, 0.15) is 12.1 Å². The van der Waals surface area contributed by atoms with Gasteiger partial charge >= 0.3 is 6.03 Å². The summed E-state index contributed by atoms with van der Waals surface area (Å²) in [6.45, 7) is 2.09. The Kier molecular flexibility index (Phi) is 4.27. The molecule has 0 aromatic carbocycles. The van der Waals surface area contributed by atoms with Gasteiger partial charge in [0, 0.05) is 12.6 Å². The highest BCUT2D eigenvalue weighted by Crippen LogP contribution is 2.34. The molecule has 2 rings (SSSR count). The fourth-order valence-electron chi connectivity index (χ4n) is 2.78. The van der Waals surface area contributed by atoms with E-state index in [1.54, 1.807) is 0 Å². The topological polar surface area (TPSA) is 105 Å². The molecule has 0 aromatic rings. The van der Waals surface area contributed by atoms with Gasteiger partial charge in [-0.15, -0.1) is 0 Å². The van der Waals surface area contributed by atoms with E-state index in [1.807, 2.05) is 6.92 Å². The van der Waals surface area contributed by atoms with Crippen LogP contribution in [-0.2, 0) is 9.59 Å². The molecule has 4 amide bonds. The van der Waals surface area contributed by atoms with Crippen molar-refractivity contribution in [3.63, 3.8) is 0 Å². The Hall–Kier alpha value is -1.63. The van der Waals surface area contributed by atoms with Gasteiger partial charge in [-0.1, -0.05) is 12.8 Å². The predicted molar refractivity (Wildman–Crippen MR) is 72.7 cm³/mol. The number of hydrogen-bond acceptors (Lipinski definition) is 4. The summed E-state index contributed by atoms with van der Waals surface area (Å²) in [6.07, 6.45) is 3.86. The van der Waals surface area contributed by atoms with Crippen LogP contribution in [-0.4, -0.2) is 47.4 Å². The molecule has 4 N–H and O–H groups in total. The minimum Gasteiger partial charge on any atom is -0.354 e. The molecule has 1 spiro atoms. The summed E-state index contributed by atoms with van der Waals surface area (Å²) < 4.78 is 0. The largest absolute Gasteiger partial charge is 0.354 e. The number of nitrogens with two attached hydrogens (primary N) is 1. The van der Waals surface area contributed by atoms with E-state index in [0.717, 1.165) is 17.7 Å². The summed E-state index contributed by atoms with van der Waals surface area (Å²) in [5, 5.41) is 5.41. The highest BCUT2D eigenvalue weighted by molar-refractivity contribution is 6.09. The van der Waals surface area contributed by atoms with Crippen LogP contribution in [0.1, 0.15) is 39.0 Å². The third kappa shape index (κ3) is 2.92. The average molecular weight is 282 g/mol. The molecule has 20 heavy (non-hydrogen) atoms. The van der Waals surface area contributed by atoms with Crippen molar-refractivity contribution in [1.82, 2.24) is 15.5 Å². The molecular weight excluding hydrogens is 260 g/mol. The zero-order valence-electron chi connectivity index (χ0n) is 11.8. The lowest BCUT2D eigenvalue weighted by Crippen LogP contribution is -2.45. The number of hydrogen-bond donors (Lipinski definition) is 3. The van der Waals surface area contributed by atoms with Crippen molar-refractivity contribution in [3.8, 4) is 0 Å². The van der Waals surface area contributed by atoms with Gasteiger partial charge in [0.05, 0.1) is 0 Å². The van der Waals surface area contributed by atoms with Gasteiger partial charge in [-0.3, -0.25) is 14.5 Å². The van der Waals surface area contributed by atoms with Crippen LogP contribution in [0.15, 0.2) is 0 Å². The Morgan fingerprint density at radius 2 is 2.10 bits per heavy atom. The third-order valence-corrected chi connectivity index (χ3v) is 3.93. The number of amides is 4. The smallest absolute Gasteiger partial charge is 0.325 e. The zero-order valence-corrected chi connectivity index (χ0v) is 11.8. The van der Waals surface area contributed by atoms with Crippen molar-refractivity contribution in [3.05, 3.63) is 0 Å². The lowest BCUT2D eigenvalue weighted by atomic mass is 9.98. The van der Waals surface area contributed by atoms with Crippen molar-refractivity contribution in [2.45, 2.75) is 50.6 Å². The van der Waals surface area contributed by atoms with Crippen molar-refractivity contribution < 1.29 is 14.4 Å². The van der Waals surface area contributed by atoms with Crippen LogP contribution in [0.2, 0.25) is 0 Å². The molecule has 1 aliphatic carbocycles. The number of rotatable bonds is 5. The molecule has 1 saturated carbocycles. The Balaban J connectivity index is 1.88. The van der Waals surface area contributed by atoms with Crippen molar-refractivity contribution in [2.24, 2.45) is 5.73 Å². The fraction of sp³-hybridized carbons (Fsp3) is 0.769. The van der Waals surface area contributed by atoms with Crippen LogP contribution in [0.3, 0.4) is 0 Å². The molecule has 1 unspecified atom stereocenters. The van der Waals surface area contributed by atoms with E-state index in [2.05, 4.69) is 10.6 Å². The van der Waals surface area contributed by atoms with Gasteiger partial charge in [0.25, 0.3) is 5.91 Å². The highest BCUT2D eigenvalue weighted by atomic mass is 16.2. The van der Waals surface area contributed by atoms with Gasteiger partial charge in [-0.05, 0) is 26.2 Å². The van der Waals surface area contributed by atoms with Crippen LogP contribution >= 0.6 is 0 Å². The van der Waals surface area contributed by atoms with Gasteiger partial charge < -0.3 is 16.4 Å². The Bertz CT molecular complexity index is 416. The normalized spacial score (nSPS) is 22.2. The summed E-state index contributed by atoms with van der Waals surface area (Å²) in [5.41, 5.74) is 4.84. The molecule has 1 atom stereocenters. The minimum atomic E-state index is -0.747. The van der Waals surface area contributed by atoms with Crippen LogP contribution in [0, 0.1) is 0 Å². The molecule has 0 radical (unpaired) electrons. The number of nitrogens with one attached hydrogen (secondary N) is 2. The fourth-order valence-corrected chi connectivity index (χ4v) is 2.78. The van der Waals surface area contributed by atoms with E-state index >= 15 is 0 Å². The Labute approximate surface area is 118 Å². The first-order valence-corrected chi connectivity index (χ1v) is 7.11. The number of urea groups is 1. The molecule has 0 aromatic heterocycles. The molecule has 7 nitrogen and oxygen atoms in total. The predicted octanol–water partition coefficient (Wildman–Crippen LogP) is -0.295. The maximum atomic E-state index is 12.3. The van der Waals surface area contributed by atoms with E-state index in [4.69, 9.17) is 5.73 Å². The van der Waals surface area contributed by atoms with Gasteiger partial charge in [-0.2, -0.15) is 0 Å². The van der Waals surface area contributed by atoms with E-state index < -0.39 is 11.6 Å². The van der Waals surface area contributed by atoms with E-state index in [9.17, 15) is 14.4 Å². The van der Waals surface area contributed by atoms with Gasteiger partial charge in [-0.25, -0.2) is 4.79 Å². The average Bonchev–Trinajstić information content (AvgIpc) is 2.91.